The normalized spacial score (nSPS) is 24.4. The van der Waals surface area contributed by atoms with Gasteiger partial charge in [0.15, 0.2) is 6.04 Å². The number of likely N-dealkylation sites (N-methyl/N-ethyl adjacent to an activating group) is 1. The standard InChI is InChI=1S/C38H47F2N3O5S/c1-42(49(45,46)35-19-15-25-20-34(18-14-26(25)21-35)48-32-11-5-6-12-32)36(37(44)43-29-16-17-30(43)24-28(41)23-29)38(39,40)27-8-7-13-33(22-27)47-31-9-3-2-4-10-31/h7-8,13-15,18-22,28-32,36H,2-6,9-12,16-17,23-24,41H2,1H3/t28?,29?,30?,36-/m0/s1. The van der Waals surface area contributed by atoms with Gasteiger partial charge in [0.05, 0.1) is 17.1 Å². The van der Waals surface area contributed by atoms with Gasteiger partial charge in [0.1, 0.15) is 11.5 Å². The molecular formula is C38H47F2N3O5S. The maximum Gasteiger partial charge on any atom is 0.298 e. The number of fused-ring (bicyclic) bond motifs is 3. The maximum absolute atomic E-state index is 17.0. The molecule has 4 aliphatic rings. The van der Waals surface area contributed by atoms with Crippen molar-refractivity contribution in [1.29, 1.82) is 0 Å². The molecule has 11 heteroatoms. The Hall–Kier alpha value is -3.28. The number of halogens is 2. The van der Waals surface area contributed by atoms with Gasteiger partial charge in [-0.15, -0.1) is 0 Å². The first kappa shape index (κ1) is 34.2. The number of nitrogens with two attached hydrogens (primary N) is 1. The molecule has 2 saturated heterocycles. The first-order valence-electron chi connectivity index (χ1n) is 17.9. The molecule has 2 N–H and O–H groups in total. The predicted octanol–water partition coefficient (Wildman–Crippen LogP) is 7.13. The van der Waals surface area contributed by atoms with Crippen molar-refractivity contribution >= 4 is 26.7 Å². The number of amides is 1. The monoisotopic (exact) mass is 695 g/mol. The van der Waals surface area contributed by atoms with Gasteiger partial charge in [-0.25, -0.2) is 8.42 Å². The van der Waals surface area contributed by atoms with Crippen molar-refractivity contribution < 1.29 is 31.5 Å². The molecule has 49 heavy (non-hydrogen) atoms. The van der Waals surface area contributed by atoms with Crippen molar-refractivity contribution in [3.63, 3.8) is 0 Å². The average Bonchev–Trinajstić information content (AvgIpc) is 3.70. The predicted molar refractivity (Wildman–Crippen MR) is 184 cm³/mol. The fourth-order valence-corrected chi connectivity index (χ4v) is 9.86. The van der Waals surface area contributed by atoms with E-state index >= 15 is 8.78 Å². The minimum Gasteiger partial charge on any atom is -0.490 e. The van der Waals surface area contributed by atoms with Crippen LogP contribution in [-0.2, 0) is 20.7 Å². The van der Waals surface area contributed by atoms with E-state index in [1.54, 1.807) is 24.3 Å². The van der Waals surface area contributed by atoms with Crippen LogP contribution in [0.3, 0.4) is 0 Å². The Morgan fingerprint density at radius 3 is 2.04 bits per heavy atom. The van der Waals surface area contributed by atoms with Crippen LogP contribution in [0.5, 0.6) is 11.5 Å². The highest BCUT2D eigenvalue weighted by atomic mass is 32.2. The van der Waals surface area contributed by atoms with Crippen molar-refractivity contribution in [2.45, 2.75) is 131 Å². The molecule has 2 saturated carbocycles. The molecule has 2 unspecified atom stereocenters. The average molecular weight is 696 g/mol. The van der Waals surface area contributed by atoms with Crippen LogP contribution in [0.1, 0.15) is 89.0 Å². The number of benzene rings is 3. The SMILES string of the molecule is CN([C@@H](C(=O)N1C2CCC1CC(N)C2)C(F)(F)c1cccc(OC2CCCCC2)c1)S(=O)(=O)c1ccc2cc(OC3CCCC3)ccc2c1. The smallest absolute Gasteiger partial charge is 0.298 e. The zero-order valence-corrected chi connectivity index (χ0v) is 28.9. The zero-order chi connectivity index (χ0) is 34.3. The van der Waals surface area contributed by atoms with Crippen molar-refractivity contribution in [3.8, 4) is 11.5 Å². The number of nitrogens with zero attached hydrogens (tertiary/aromatic N) is 2. The van der Waals surface area contributed by atoms with E-state index in [-0.39, 0.29) is 41.0 Å². The molecule has 2 heterocycles. The lowest BCUT2D eigenvalue weighted by molar-refractivity contribution is -0.155. The Balaban J connectivity index is 1.22. The van der Waals surface area contributed by atoms with Gasteiger partial charge < -0.3 is 20.1 Å². The molecule has 2 aliphatic heterocycles. The maximum atomic E-state index is 17.0. The van der Waals surface area contributed by atoms with Crippen LogP contribution >= 0.6 is 0 Å². The zero-order valence-electron chi connectivity index (χ0n) is 28.1. The molecule has 1 amide bonds. The van der Waals surface area contributed by atoms with Crippen LogP contribution in [0.25, 0.3) is 10.8 Å². The Kier molecular flexibility index (Phi) is 9.62. The van der Waals surface area contributed by atoms with Gasteiger partial charge in [-0.1, -0.05) is 30.7 Å². The highest BCUT2D eigenvalue weighted by molar-refractivity contribution is 7.89. The van der Waals surface area contributed by atoms with Gasteiger partial charge in [-0.2, -0.15) is 13.1 Å². The number of rotatable bonds is 10. The third-order valence-electron chi connectivity index (χ3n) is 11.1. The van der Waals surface area contributed by atoms with Crippen LogP contribution in [-0.4, -0.2) is 67.0 Å². The topological polar surface area (TPSA) is 102 Å². The molecule has 2 bridgehead atoms. The highest BCUT2D eigenvalue weighted by Gasteiger charge is 2.56. The lowest BCUT2D eigenvalue weighted by atomic mass is 9.94. The molecule has 7 rings (SSSR count). The minimum atomic E-state index is -4.57. The lowest BCUT2D eigenvalue weighted by Crippen LogP contribution is -2.61. The van der Waals surface area contributed by atoms with Crippen LogP contribution in [0.4, 0.5) is 8.78 Å². The number of carbonyl (C=O) groups excluding carboxylic acids is 1. The van der Waals surface area contributed by atoms with E-state index in [2.05, 4.69) is 0 Å². The molecule has 8 nitrogen and oxygen atoms in total. The summed E-state index contributed by atoms with van der Waals surface area (Å²) in [7, 11) is -3.48. The Morgan fingerprint density at radius 1 is 0.816 bits per heavy atom. The van der Waals surface area contributed by atoms with Gasteiger partial charge >= 0.3 is 0 Å². The van der Waals surface area contributed by atoms with Gasteiger partial charge in [0.2, 0.25) is 15.9 Å². The number of sulfonamides is 1. The molecule has 264 valence electrons. The summed E-state index contributed by atoms with van der Waals surface area (Å²) in [6.45, 7) is 0. The molecule has 3 aromatic carbocycles. The van der Waals surface area contributed by atoms with E-state index in [9.17, 15) is 13.2 Å². The molecule has 3 aromatic rings. The van der Waals surface area contributed by atoms with E-state index in [0.29, 0.717) is 41.1 Å². The number of alkyl halides is 2. The van der Waals surface area contributed by atoms with Crippen LogP contribution in [0, 0.1) is 0 Å². The van der Waals surface area contributed by atoms with Crippen molar-refractivity contribution in [1.82, 2.24) is 9.21 Å². The second kappa shape index (κ2) is 13.8. The van der Waals surface area contributed by atoms with Crippen LogP contribution in [0.15, 0.2) is 65.6 Å². The van der Waals surface area contributed by atoms with Crippen LogP contribution < -0.4 is 15.2 Å². The van der Waals surface area contributed by atoms with Gasteiger partial charge in [-0.05, 0) is 124 Å². The number of ether oxygens (including phenoxy) is 2. The van der Waals surface area contributed by atoms with Gasteiger partial charge in [0, 0.05) is 30.7 Å². The molecule has 2 aliphatic carbocycles. The summed E-state index contributed by atoms with van der Waals surface area (Å²) >= 11 is 0. The minimum absolute atomic E-state index is 0.0652. The fourth-order valence-electron chi connectivity index (χ4n) is 8.51. The first-order valence-corrected chi connectivity index (χ1v) is 19.4. The fraction of sp³-hybridized carbons (Fsp3) is 0.553. The highest BCUT2D eigenvalue weighted by Crippen LogP contribution is 2.43. The third kappa shape index (κ3) is 6.90. The number of hydrogen-bond donors (Lipinski definition) is 1. The van der Waals surface area contributed by atoms with Crippen LogP contribution in [0.2, 0.25) is 0 Å². The summed E-state index contributed by atoms with van der Waals surface area (Å²) in [5.41, 5.74) is 5.79. The number of piperidine rings is 1. The third-order valence-corrected chi connectivity index (χ3v) is 12.9. The van der Waals surface area contributed by atoms with Crippen molar-refractivity contribution in [3.05, 3.63) is 66.2 Å². The number of carbonyl (C=O) groups is 1. The molecule has 0 spiro atoms. The second-order valence-corrected chi connectivity index (χ2v) is 16.5. The lowest BCUT2D eigenvalue weighted by Gasteiger charge is -2.42. The second-order valence-electron chi connectivity index (χ2n) is 14.5. The van der Waals surface area contributed by atoms with Gasteiger partial charge in [0.25, 0.3) is 5.92 Å². The Labute approximate surface area is 288 Å². The molecule has 0 radical (unpaired) electrons. The van der Waals surface area contributed by atoms with Crippen molar-refractivity contribution in [2.75, 3.05) is 7.05 Å². The van der Waals surface area contributed by atoms with Gasteiger partial charge in [-0.3, -0.25) is 4.79 Å². The van der Waals surface area contributed by atoms with E-state index < -0.39 is 33.5 Å². The molecule has 4 fully saturated rings. The largest absolute Gasteiger partial charge is 0.490 e. The van der Waals surface area contributed by atoms with Crippen molar-refractivity contribution in [2.24, 2.45) is 5.73 Å². The summed E-state index contributed by atoms with van der Waals surface area (Å²) in [5, 5.41) is 1.39. The summed E-state index contributed by atoms with van der Waals surface area (Å²) in [6.07, 6.45) is 11.6. The molecule has 3 atom stereocenters. The molecular weight excluding hydrogens is 648 g/mol. The summed E-state index contributed by atoms with van der Waals surface area (Å²) in [6, 6.07) is 12.6. The Morgan fingerprint density at radius 2 is 1.39 bits per heavy atom. The van der Waals surface area contributed by atoms with E-state index in [0.717, 1.165) is 70.2 Å². The summed E-state index contributed by atoms with van der Waals surface area (Å²) < 4.78 is 75.5. The summed E-state index contributed by atoms with van der Waals surface area (Å²) in [5.74, 6) is -3.78. The summed E-state index contributed by atoms with van der Waals surface area (Å²) in [4.78, 5) is 15.8. The van der Waals surface area contributed by atoms with E-state index in [4.69, 9.17) is 15.2 Å². The first-order chi connectivity index (χ1) is 23.5. The molecule has 0 aromatic heterocycles. The quantitative estimate of drug-likeness (QED) is 0.242. The van der Waals surface area contributed by atoms with E-state index in [1.807, 2.05) is 6.07 Å². The number of hydrogen-bond acceptors (Lipinski definition) is 6. The Bertz CT molecular complexity index is 1760. The van der Waals surface area contributed by atoms with E-state index in [1.165, 1.54) is 35.2 Å².